The quantitative estimate of drug-likeness (QED) is 0.720. The van der Waals surface area contributed by atoms with Crippen LogP contribution >= 0.6 is 15.9 Å². The number of alkyl halides is 1. The van der Waals surface area contributed by atoms with Crippen molar-refractivity contribution in [1.29, 1.82) is 0 Å². The Morgan fingerprint density at radius 3 is 2.45 bits per heavy atom. The van der Waals surface area contributed by atoms with Gasteiger partial charge in [-0.25, -0.2) is 8.42 Å². The lowest BCUT2D eigenvalue weighted by Crippen LogP contribution is -2.30. The largest absolute Gasteiger partial charge is 0.274 e. The van der Waals surface area contributed by atoms with E-state index in [1.54, 1.807) is 0 Å². The van der Waals surface area contributed by atoms with Gasteiger partial charge in [-0.15, -0.1) is 0 Å². The zero-order chi connectivity index (χ0) is 8.91. The van der Waals surface area contributed by atoms with Gasteiger partial charge in [-0.1, -0.05) is 15.9 Å². The first-order chi connectivity index (χ1) is 4.98. The Labute approximate surface area is 74.5 Å². The second-order valence-electron chi connectivity index (χ2n) is 2.02. The molecule has 6 heteroatoms. The van der Waals surface area contributed by atoms with Gasteiger partial charge in [-0.2, -0.15) is 0 Å². The summed E-state index contributed by atoms with van der Waals surface area (Å²) >= 11 is 3.09. The second kappa shape index (κ2) is 4.71. The third-order valence-corrected chi connectivity index (χ3v) is 2.83. The predicted molar refractivity (Wildman–Crippen MR) is 46.0 cm³/mol. The average Bonchev–Trinajstić information content (AvgIpc) is 1.81. The van der Waals surface area contributed by atoms with Gasteiger partial charge in [0.25, 0.3) is 0 Å². The fourth-order valence-electron chi connectivity index (χ4n) is 0.515. The molecule has 4 nitrogen and oxygen atoms in total. The van der Waals surface area contributed by atoms with Crippen molar-refractivity contribution in [1.82, 2.24) is 4.72 Å². The molecule has 0 spiro atoms. The summed E-state index contributed by atoms with van der Waals surface area (Å²) in [4.78, 5) is 10.3. The zero-order valence-corrected chi connectivity index (χ0v) is 8.53. The summed E-state index contributed by atoms with van der Waals surface area (Å²) in [7, 11) is -3.37. The minimum absolute atomic E-state index is 0.0160. The van der Waals surface area contributed by atoms with Gasteiger partial charge in [0, 0.05) is 12.3 Å². The Morgan fingerprint density at radius 1 is 1.55 bits per heavy atom. The molecule has 66 valence electrons. The molecule has 0 radical (unpaired) electrons. The predicted octanol–water partition coefficient (Wildman–Crippen LogP) is 0.237. The van der Waals surface area contributed by atoms with Crippen LogP contribution in [0.1, 0.15) is 13.3 Å². The highest BCUT2D eigenvalue weighted by Crippen LogP contribution is 1.92. The van der Waals surface area contributed by atoms with Crippen molar-refractivity contribution in [3.63, 3.8) is 0 Å². The number of sulfonamides is 1. The molecule has 11 heavy (non-hydrogen) atoms. The molecule has 0 aliphatic heterocycles. The molecule has 0 fully saturated rings. The Bertz CT molecular complexity index is 224. The van der Waals surface area contributed by atoms with Crippen molar-refractivity contribution in [3.05, 3.63) is 0 Å². The minimum atomic E-state index is -3.37. The highest BCUT2D eigenvalue weighted by atomic mass is 79.9. The van der Waals surface area contributed by atoms with Crippen molar-refractivity contribution in [2.45, 2.75) is 13.3 Å². The number of carbonyl (C=O) groups is 1. The molecule has 1 N–H and O–H groups in total. The van der Waals surface area contributed by atoms with Crippen LogP contribution < -0.4 is 4.72 Å². The van der Waals surface area contributed by atoms with Crippen molar-refractivity contribution in [2.75, 3.05) is 11.1 Å². The van der Waals surface area contributed by atoms with Crippen LogP contribution in [0.5, 0.6) is 0 Å². The molecule has 0 aromatic carbocycles. The molecular weight excluding hydrogens is 234 g/mol. The van der Waals surface area contributed by atoms with Crippen molar-refractivity contribution >= 4 is 31.9 Å². The fraction of sp³-hybridized carbons (Fsp3) is 0.800. The van der Waals surface area contributed by atoms with Crippen molar-refractivity contribution in [2.24, 2.45) is 0 Å². The molecule has 1 amide bonds. The number of carbonyl (C=O) groups excluding carboxylic acids is 1. The number of halogens is 1. The summed E-state index contributed by atoms with van der Waals surface area (Å²) in [6.07, 6.45) is 0.503. The Hall–Kier alpha value is -0.100. The summed E-state index contributed by atoms with van der Waals surface area (Å²) in [5, 5.41) is 0.617. The number of rotatable bonds is 4. The first kappa shape index (κ1) is 10.9. The molecule has 0 aromatic heterocycles. The number of hydrogen-bond acceptors (Lipinski definition) is 3. The molecule has 0 rings (SSSR count). The zero-order valence-electron chi connectivity index (χ0n) is 6.13. The van der Waals surface area contributed by atoms with E-state index in [0.29, 0.717) is 11.8 Å². The maximum atomic E-state index is 10.8. The van der Waals surface area contributed by atoms with E-state index in [2.05, 4.69) is 15.9 Å². The van der Waals surface area contributed by atoms with E-state index in [1.165, 1.54) is 6.92 Å². The van der Waals surface area contributed by atoms with Gasteiger partial charge in [0.2, 0.25) is 15.9 Å². The summed E-state index contributed by atoms with van der Waals surface area (Å²) in [5.74, 6) is -0.558. The maximum Gasteiger partial charge on any atom is 0.234 e. The fourth-order valence-corrected chi connectivity index (χ4v) is 2.23. The second-order valence-corrected chi connectivity index (χ2v) is 4.65. The number of amides is 1. The topological polar surface area (TPSA) is 63.2 Å². The van der Waals surface area contributed by atoms with E-state index in [0.717, 1.165) is 0 Å². The smallest absolute Gasteiger partial charge is 0.234 e. The van der Waals surface area contributed by atoms with Crippen LogP contribution in [-0.4, -0.2) is 25.4 Å². The van der Waals surface area contributed by atoms with Crippen molar-refractivity contribution < 1.29 is 13.2 Å². The summed E-state index contributed by atoms with van der Waals surface area (Å²) < 4.78 is 23.6. The van der Waals surface area contributed by atoms with Gasteiger partial charge in [0.05, 0.1) is 5.75 Å². The van der Waals surface area contributed by atoms with Crippen LogP contribution in [0.4, 0.5) is 0 Å². The van der Waals surface area contributed by atoms with Gasteiger partial charge >= 0.3 is 0 Å². The number of hydrogen-bond donors (Lipinski definition) is 1. The number of nitrogens with one attached hydrogen (secondary N) is 1. The van der Waals surface area contributed by atoms with Crippen LogP contribution in [-0.2, 0) is 14.8 Å². The maximum absolute atomic E-state index is 10.8. The Kier molecular flexibility index (Phi) is 4.67. The van der Waals surface area contributed by atoms with Gasteiger partial charge in [-0.3, -0.25) is 9.52 Å². The molecule has 0 aliphatic rings. The van der Waals surface area contributed by atoms with Crippen LogP contribution in [0.2, 0.25) is 0 Å². The standard InChI is InChI=1S/C5H10BrNO3S/c1-5(8)7-11(9,10)4-2-3-6/h2-4H2,1H3,(H,7,8). The average molecular weight is 244 g/mol. The third-order valence-electron chi connectivity index (χ3n) is 0.846. The first-order valence-corrected chi connectivity index (χ1v) is 5.82. The van der Waals surface area contributed by atoms with Crippen LogP contribution in [0.15, 0.2) is 0 Å². The molecule has 0 heterocycles. The first-order valence-electron chi connectivity index (χ1n) is 3.05. The van der Waals surface area contributed by atoms with Crippen LogP contribution in [0.25, 0.3) is 0 Å². The molecule has 0 saturated heterocycles. The lowest BCUT2D eigenvalue weighted by Gasteiger charge is -2.01. The highest BCUT2D eigenvalue weighted by Gasteiger charge is 2.09. The van der Waals surface area contributed by atoms with E-state index < -0.39 is 15.9 Å². The van der Waals surface area contributed by atoms with E-state index >= 15 is 0 Å². The SMILES string of the molecule is CC(=O)NS(=O)(=O)CCCBr. The Balaban J connectivity index is 3.92. The molecule has 0 saturated carbocycles. The Morgan fingerprint density at radius 2 is 2.09 bits per heavy atom. The molecule has 0 atom stereocenters. The lowest BCUT2D eigenvalue weighted by molar-refractivity contribution is -0.117. The normalized spacial score (nSPS) is 11.1. The summed E-state index contributed by atoms with van der Waals surface area (Å²) in [5.41, 5.74) is 0. The molecule has 0 bridgehead atoms. The van der Waals surface area contributed by atoms with Gasteiger partial charge in [0.15, 0.2) is 0 Å². The van der Waals surface area contributed by atoms with E-state index in [4.69, 9.17) is 0 Å². The molecular formula is C5H10BrNO3S. The van der Waals surface area contributed by atoms with Crippen LogP contribution in [0.3, 0.4) is 0 Å². The van der Waals surface area contributed by atoms with Gasteiger partial charge in [0.1, 0.15) is 0 Å². The molecule has 0 unspecified atom stereocenters. The highest BCUT2D eigenvalue weighted by molar-refractivity contribution is 9.09. The lowest BCUT2D eigenvalue weighted by atomic mass is 10.6. The van der Waals surface area contributed by atoms with Gasteiger partial charge in [-0.05, 0) is 6.42 Å². The molecule has 0 aliphatic carbocycles. The van der Waals surface area contributed by atoms with E-state index in [9.17, 15) is 13.2 Å². The molecule has 0 aromatic rings. The van der Waals surface area contributed by atoms with Crippen molar-refractivity contribution in [3.8, 4) is 0 Å². The van der Waals surface area contributed by atoms with E-state index in [1.807, 2.05) is 4.72 Å². The monoisotopic (exact) mass is 243 g/mol. The third kappa shape index (κ3) is 6.30. The van der Waals surface area contributed by atoms with E-state index in [-0.39, 0.29) is 5.75 Å². The van der Waals surface area contributed by atoms with Gasteiger partial charge < -0.3 is 0 Å². The summed E-state index contributed by atoms with van der Waals surface area (Å²) in [6.45, 7) is 1.17. The minimum Gasteiger partial charge on any atom is -0.274 e. The van der Waals surface area contributed by atoms with Crippen LogP contribution in [0, 0.1) is 0 Å². The summed E-state index contributed by atoms with van der Waals surface area (Å²) in [6, 6.07) is 0.